The van der Waals surface area contributed by atoms with Crippen LogP contribution < -0.4 is 4.74 Å². The zero-order chi connectivity index (χ0) is 10.4. The Hall–Kier alpha value is -1.57. The summed E-state index contributed by atoms with van der Waals surface area (Å²) in [6.45, 7) is 5.50. The number of benzene rings is 1. The number of rotatable bonds is 4. The van der Waals surface area contributed by atoms with Gasteiger partial charge in [0.25, 0.3) is 0 Å². The number of allylic oxidation sites excluding steroid dienone is 3. The van der Waals surface area contributed by atoms with Crippen molar-refractivity contribution in [3.63, 3.8) is 0 Å². The zero-order valence-corrected chi connectivity index (χ0v) is 8.16. The van der Waals surface area contributed by atoms with Gasteiger partial charge in [-0.25, -0.2) is 4.39 Å². The second-order valence-electron chi connectivity index (χ2n) is 2.75. The SMILES string of the molecule is C=C/C=C(\CC)Oc1ccccc1F. The fourth-order valence-electron chi connectivity index (χ4n) is 1.02. The van der Waals surface area contributed by atoms with Crippen molar-refractivity contribution in [1.29, 1.82) is 0 Å². The van der Waals surface area contributed by atoms with Gasteiger partial charge in [0.1, 0.15) is 5.76 Å². The molecule has 0 fully saturated rings. The highest BCUT2D eigenvalue weighted by Crippen LogP contribution is 2.19. The highest BCUT2D eigenvalue weighted by atomic mass is 19.1. The third kappa shape index (κ3) is 2.73. The Balaban J connectivity index is 2.82. The Morgan fingerprint density at radius 3 is 2.79 bits per heavy atom. The maximum Gasteiger partial charge on any atom is 0.165 e. The number of ether oxygens (including phenoxy) is 1. The van der Waals surface area contributed by atoms with Crippen LogP contribution in [0, 0.1) is 5.82 Å². The predicted octanol–water partition coefficient (Wildman–Crippen LogP) is 3.68. The Morgan fingerprint density at radius 2 is 2.21 bits per heavy atom. The maximum atomic E-state index is 13.1. The molecular formula is C12H13FO. The Bertz CT molecular complexity index is 342. The van der Waals surface area contributed by atoms with Gasteiger partial charge in [0.15, 0.2) is 11.6 Å². The highest BCUT2D eigenvalue weighted by molar-refractivity contribution is 5.26. The molecule has 0 N–H and O–H groups in total. The minimum absolute atomic E-state index is 0.252. The monoisotopic (exact) mass is 192 g/mol. The van der Waals surface area contributed by atoms with Crippen molar-refractivity contribution in [3.05, 3.63) is 54.6 Å². The van der Waals surface area contributed by atoms with E-state index in [0.717, 1.165) is 0 Å². The number of para-hydroxylation sites is 1. The topological polar surface area (TPSA) is 9.23 Å². The minimum atomic E-state index is -0.351. The van der Waals surface area contributed by atoms with Gasteiger partial charge in [-0.05, 0) is 18.2 Å². The molecule has 14 heavy (non-hydrogen) atoms. The Labute approximate surface area is 83.5 Å². The van der Waals surface area contributed by atoms with Crippen LogP contribution in [-0.4, -0.2) is 0 Å². The molecule has 1 aromatic carbocycles. The maximum absolute atomic E-state index is 13.1. The van der Waals surface area contributed by atoms with Crippen molar-refractivity contribution >= 4 is 0 Å². The van der Waals surface area contributed by atoms with Gasteiger partial charge < -0.3 is 4.74 Å². The molecule has 0 aromatic heterocycles. The summed E-state index contributed by atoms with van der Waals surface area (Å²) in [4.78, 5) is 0. The molecule has 0 atom stereocenters. The van der Waals surface area contributed by atoms with E-state index < -0.39 is 0 Å². The Morgan fingerprint density at radius 1 is 1.50 bits per heavy atom. The molecule has 0 radical (unpaired) electrons. The standard InChI is InChI=1S/C12H13FO/c1-3-7-10(4-2)14-12-9-6-5-8-11(12)13/h3,5-9H,1,4H2,2H3/b10-7+. The first-order chi connectivity index (χ1) is 6.77. The average Bonchev–Trinajstić information content (AvgIpc) is 2.20. The highest BCUT2D eigenvalue weighted by Gasteiger charge is 2.02. The van der Waals surface area contributed by atoms with Crippen molar-refractivity contribution in [3.8, 4) is 5.75 Å². The molecule has 0 aliphatic heterocycles. The quantitative estimate of drug-likeness (QED) is 0.522. The van der Waals surface area contributed by atoms with Crippen molar-refractivity contribution in [2.24, 2.45) is 0 Å². The summed E-state index contributed by atoms with van der Waals surface area (Å²) in [5.74, 6) is 0.600. The first kappa shape index (κ1) is 10.5. The Kier molecular flexibility index (Phi) is 3.92. The summed E-state index contributed by atoms with van der Waals surface area (Å²) in [6, 6.07) is 6.34. The van der Waals surface area contributed by atoms with Gasteiger partial charge in [-0.3, -0.25) is 0 Å². The summed E-state index contributed by atoms with van der Waals surface area (Å²) < 4.78 is 18.5. The van der Waals surface area contributed by atoms with Gasteiger partial charge >= 0.3 is 0 Å². The predicted molar refractivity (Wildman–Crippen MR) is 55.6 cm³/mol. The van der Waals surface area contributed by atoms with E-state index in [0.29, 0.717) is 12.2 Å². The average molecular weight is 192 g/mol. The van der Waals surface area contributed by atoms with Crippen molar-refractivity contribution in [2.75, 3.05) is 0 Å². The van der Waals surface area contributed by atoms with Crippen LogP contribution in [0.25, 0.3) is 0 Å². The van der Waals surface area contributed by atoms with Crippen LogP contribution in [0.5, 0.6) is 5.75 Å². The molecule has 1 nitrogen and oxygen atoms in total. The molecule has 0 aliphatic rings. The van der Waals surface area contributed by atoms with Crippen molar-refractivity contribution < 1.29 is 9.13 Å². The lowest BCUT2D eigenvalue weighted by molar-refractivity contribution is 0.384. The first-order valence-corrected chi connectivity index (χ1v) is 4.52. The lowest BCUT2D eigenvalue weighted by Crippen LogP contribution is -1.95. The molecule has 0 saturated carbocycles. The normalized spacial score (nSPS) is 11.1. The van der Waals surface area contributed by atoms with Crippen LogP contribution in [-0.2, 0) is 0 Å². The third-order valence-electron chi connectivity index (χ3n) is 1.73. The number of hydrogen-bond acceptors (Lipinski definition) is 1. The summed E-state index contributed by atoms with van der Waals surface area (Å²) in [6.07, 6.45) is 4.06. The lowest BCUT2D eigenvalue weighted by atomic mass is 10.3. The van der Waals surface area contributed by atoms with Crippen molar-refractivity contribution in [2.45, 2.75) is 13.3 Å². The zero-order valence-electron chi connectivity index (χ0n) is 8.16. The molecule has 0 bridgehead atoms. The second-order valence-corrected chi connectivity index (χ2v) is 2.75. The smallest absolute Gasteiger partial charge is 0.165 e. The van der Waals surface area contributed by atoms with Gasteiger partial charge in [0.2, 0.25) is 0 Å². The molecule has 1 rings (SSSR count). The van der Waals surface area contributed by atoms with E-state index >= 15 is 0 Å². The van der Waals surface area contributed by atoms with Crippen LogP contribution in [0.1, 0.15) is 13.3 Å². The molecule has 1 aromatic rings. The van der Waals surface area contributed by atoms with E-state index in [-0.39, 0.29) is 11.6 Å². The van der Waals surface area contributed by atoms with Gasteiger partial charge in [-0.2, -0.15) is 0 Å². The van der Waals surface area contributed by atoms with E-state index in [1.165, 1.54) is 6.07 Å². The van der Waals surface area contributed by atoms with Crippen molar-refractivity contribution in [1.82, 2.24) is 0 Å². The lowest BCUT2D eigenvalue weighted by Gasteiger charge is -2.07. The van der Waals surface area contributed by atoms with E-state index in [4.69, 9.17) is 4.74 Å². The van der Waals surface area contributed by atoms with Gasteiger partial charge in [0, 0.05) is 6.42 Å². The fourth-order valence-corrected chi connectivity index (χ4v) is 1.02. The van der Waals surface area contributed by atoms with Gasteiger partial charge in [-0.1, -0.05) is 31.7 Å². The van der Waals surface area contributed by atoms with Crippen LogP contribution >= 0.6 is 0 Å². The molecule has 2 heteroatoms. The molecular weight excluding hydrogens is 179 g/mol. The number of hydrogen-bond donors (Lipinski definition) is 0. The molecule has 0 spiro atoms. The van der Waals surface area contributed by atoms with E-state index in [2.05, 4.69) is 6.58 Å². The largest absolute Gasteiger partial charge is 0.459 e. The summed E-state index contributed by atoms with van der Waals surface area (Å²) in [5.41, 5.74) is 0. The third-order valence-corrected chi connectivity index (χ3v) is 1.73. The summed E-state index contributed by atoms with van der Waals surface area (Å²) in [5, 5.41) is 0. The first-order valence-electron chi connectivity index (χ1n) is 4.52. The van der Waals surface area contributed by atoms with E-state index in [1.807, 2.05) is 6.92 Å². The molecule has 0 unspecified atom stereocenters. The minimum Gasteiger partial charge on any atom is -0.459 e. The van der Waals surface area contributed by atoms with Gasteiger partial charge in [0.05, 0.1) is 0 Å². The van der Waals surface area contributed by atoms with Crippen LogP contribution in [0.3, 0.4) is 0 Å². The van der Waals surface area contributed by atoms with Crippen LogP contribution in [0.15, 0.2) is 48.8 Å². The van der Waals surface area contributed by atoms with E-state index in [9.17, 15) is 4.39 Å². The summed E-state index contributed by atoms with van der Waals surface area (Å²) in [7, 11) is 0. The van der Waals surface area contributed by atoms with Gasteiger partial charge in [-0.15, -0.1) is 0 Å². The fraction of sp³-hybridized carbons (Fsp3) is 0.167. The molecule has 0 aliphatic carbocycles. The number of halogens is 1. The molecule has 0 amide bonds. The summed E-state index contributed by atoms with van der Waals surface area (Å²) >= 11 is 0. The van der Waals surface area contributed by atoms with E-state index in [1.54, 1.807) is 30.4 Å². The molecule has 0 heterocycles. The molecule has 74 valence electrons. The van der Waals surface area contributed by atoms with Crippen LogP contribution in [0.4, 0.5) is 4.39 Å². The van der Waals surface area contributed by atoms with Crippen LogP contribution in [0.2, 0.25) is 0 Å². The second kappa shape index (κ2) is 5.22. The molecule has 0 saturated heterocycles.